The average molecular weight is 335 g/mol. The number of rotatable bonds is 7. The Hall–Kier alpha value is -2.40. The van der Waals surface area contributed by atoms with E-state index in [1.807, 2.05) is 30.3 Å². The van der Waals surface area contributed by atoms with Crippen molar-refractivity contribution < 1.29 is 14.3 Å². The Morgan fingerprint density at radius 3 is 2.57 bits per heavy atom. The van der Waals surface area contributed by atoms with Crippen LogP contribution in [0.25, 0.3) is 0 Å². The molecule has 2 aromatic rings. The fourth-order valence-corrected chi connectivity index (χ4v) is 2.22. The smallest absolute Gasteiger partial charge is 0.226 e. The van der Waals surface area contributed by atoms with Crippen LogP contribution in [0.5, 0.6) is 11.5 Å². The minimum atomic E-state index is -0.118. The molecule has 0 aliphatic rings. The molecule has 0 saturated heterocycles. The van der Waals surface area contributed by atoms with Gasteiger partial charge in [-0.25, -0.2) is 0 Å². The SMILES string of the molecule is COc1ccc(OC)c(NCCC(=O)Nc2ccccc2Cl)c1. The van der Waals surface area contributed by atoms with E-state index < -0.39 is 0 Å². The number of ether oxygens (including phenoxy) is 2. The number of carbonyl (C=O) groups is 1. The summed E-state index contributed by atoms with van der Waals surface area (Å²) in [4.78, 5) is 12.0. The van der Waals surface area contributed by atoms with E-state index in [2.05, 4.69) is 10.6 Å². The van der Waals surface area contributed by atoms with Crippen LogP contribution in [0.2, 0.25) is 5.02 Å². The predicted octanol–water partition coefficient (Wildman–Crippen LogP) is 3.80. The number of nitrogens with one attached hydrogen (secondary N) is 2. The molecule has 23 heavy (non-hydrogen) atoms. The first-order valence-electron chi connectivity index (χ1n) is 7.14. The third-order valence-electron chi connectivity index (χ3n) is 3.22. The van der Waals surface area contributed by atoms with Gasteiger partial charge < -0.3 is 20.1 Å². The highest BCUT2D eigenvalue weighted by atomic mass is 35.5. The van der Waals surface area contributed by atoms with Crippen molar-refractivity contribution in [1.29, 1.82) is 0 Å². The molecule has 0 fully saturated rings. The van der Waals surface area contributed by atoms with Gasteiger partial charge in [-0.2, -0.15) is 0 Å². The molecule has 2 rings (SSSR count). The quantitative estimate of drug-likeness (QED) is 0.808. The molecule has 0 atom stereocenters. The second-order valence-corrected chi connectivity index (χ2v) is 5.18. The van der Waals surface area contributed by atoms with Crippen molar-refractivity contribution >= 4 is 28.9 Å². The highest BCUT2D eigenvalue weighted by Crippen LogP contribution is 2.28. The maximum Gasteiger partial charge on any atom is 0.226 e. The van der Waals surface area contributed by atoms with Gasteiger partial charge in [0.15, 0.2) is 0 Å². The number of anilines is 2. The largest absolute Gasteiger partial charge is 0.497 e. The Labute approximate surface area is 140 Å². The average Bonchev–Trinajstić information content (AvgIpc) is 2.57. The lowest BCUT2D eigenvalue weighted by molar-refractivity contribution is -0.115. The van der Waals surface area contributed by atoms with Crippen LogP contribution in [0.4, 0.5) is 11.4 Å². The molecule has 1 amide bonds. The molecule has 6 heteroatoms. The zero-order chi connectivity index (χ0) is 16.7. The minimum absolute atomic E-state index is 0.118. The van der Waals surface area contributed by atoms with Crippen LogP contribution in [-0.4, -0.2) is 26.7 Å². The van der Waals surface area contributed by atoms with Crippen molar-refractivity contribution in [3.05, 3.63) is 47.5 Å². The Morgan fingerprint density at radius 1 is 1.09 bits per heavy atom. The highest BCUT2D eigenvalue weighted by molar-refractivity contribution is 6.33. The number of carbonyl (C=O) groups excluding carboxylic acids is 1. The summed E-state index contributed by atoms with van der Waals surface area (Å²) in [6.45, 7) is 0.458. The Kier molecular flexibility index (Phi) is 6.11. The van der Waals surface area contributed by atoms with Crippen LogP contribution >= 0.6 is 11.6 Å². The molecule has 0 bridgehead atoms. The van der Waals surface area contributed by atoms with Gasteiger partial charge in [-0.15, -0.1) is 0 Å². The minimum Gasteiger partial charge on any atom is -0.497 e. The third kappa shape index (κ3) is 4.79. The molecule has 2 N–H and O–H groups in total. The Morgan fingerprint density at radius 2 is 1.87 bits per heavy atom. The maximum absolute atomic E-state index is 12.0. The summed E-state index contributed by atoms with van der Waals surface area (Å²) in [6.07, 6.45) is 0.297. The molecule has 0 aliphatic carbocycles. The summed E-state index contributed by atoms with van der Waals surface area (Å²) in [5.41, 5.74) is 1.38. The van der Waals surface area contributed by atoms with Gasteiger partial charge in [0.2, 0.25) is 5.91 Å². The molecule has 0 heterocycles. The van der Waals surface area contributed by atoms with Gasteiger partial charge in [0.05, 0.1) is 30.6 Å². The molecular formula is C17H19ClN2O3. The van der Waals surface area contributed by atoms with Crippen molar-refractivity contribution in [1.82, 2.24) is 0 Å². The molecule has 0 radical (unpaired) electrons. The second-order valence-electron chi connectivity index (χ2n) is 4.77. The van der Waals surface area contributed by atoms with Crippen LogP contribution in [0.1, 0.15) is 6.42 Å². The lowest BCUT2D eigenvalue weighted by Crippen LogP contribution is -2.16. The van der Waals surface area contributed by atoms with Crippen molar-refractivity contribution in [2.75, 3.05) is 31.4 Å². The number of hydrogen-bond acceptors (Lipinski definition) is 4. The second kappa shape index (κ2) is 8.29. The van der Waals surface area contributed by atoms with Gasteiger partial charge in [0.1, 0.15) is 11.5 Å². The van der Waals surface area contributed by atoms with E-state index >= 15 is 0 Å². The zero-order valence-electron chi connectivity index (χ0n) is 13.1. The van der Waals surface area contributed by atoms with Gasteiger partial charge in [-0.1, -0.05) is 23.7 Å². The van der Waals surface area contributed by atoms with E-state index in [1.54, 1.807) is 26.4 Å². The van der Waals surface area contributed by atoms with Gasteiger partial charge in [-0.3, -0.25) is 4.79 Å². The topological polar surface area (TPSA) is 59.6 Å². The molecule has 0 saturated carbocycles. The predicted molar refractivity (Wildman–Crippen MR) is 92.7 cm³/mol. The first kappa shape index (κ1) is 17.0. The van der Waals surface area contributed by atoms with Gasteiger partial charge in [0.25, 0.3) is 0 Å². The van der Waals surface area contributed by atoms with Crippen molar-refractivity contribution in [3.63, 3.8) is 0 Å². The first-order valence-corrected chi connectivity index (χ1v) is 7.52. The van der Waals surface area contributed by atoms with E-state index in [1.165, 1.54) is 0 Å². The molecule has 0 aromatic heterocycles. The number of amides is 1. The molecule has 0 spiro atoms. The zero-order valence-corrected chi connectivity index (χ0v) is 13.8. The summed E-state index contributed by atoms with van der Waals surface area (Å²) in [7, 11) is 3.19. The van der Waals surface area contributed by atoms with Crippen LogP contribution < -0.4 is 20.1 Å². The summed E-state index contributed by atoms with van der Waals surface area (Å²) in [5, 5.41) is 6.47. The Balaban J connectivity index is 1.89. The third-order valence-corrected chi connectivity index (χ3v) is 3.55. The summed E-state index contributed by atoms with van der Waals surface area (Å²) in [6, 6.07) is 12.6. The van der Waals surface area contributed by atoms with Crippen LogP contribution in [0, 0.1) is 0 Å². The number of halogens is 1. The lowest BCUT2D eigenvalue weighted by atomic mass is 10.2. The van der Waals surface area contributed by atoms with E-state index in [4.69, 9.17) is 21.1 Å². The van der Waals surface area contributed by atoms with Crippen molar-refractivity contribution in [2.24, 2.45) is 0 Å². The van der Waals surface area contributed by atoms with E-state index in [0.717, 1.165) is 5.69 Å². The van der Waals surface area contributed by atoms with Crippen molar-refractivity contribution in [2.45, 2.75) is 6.42 Å². The van der Waals surface area contributed by atoms with Crippen LogP contribution in [0.3, 0.4) is 0 Å². The van der Waals surface area contributed by atoms with E-state index in [9.17, 15) is 4.79 Å². The number of hydrogen-bond donors (Lipinski definition) is 2. The summed E-state index contributed by atoms with van der Waals surface area (Å²) >= 11 is 6.01. The number of methoxy groups -OCH3 is 2. The standard InChI is InChI=1S/C17H19ClN2O3/c1-22-12-7-8-16(23-2)15(11-12)19-10-9-17(21)20-14-6-4-3-5-13(14)18/h3-8,11,19H,9-10H2,1-2H3,(H,20,21). The molecule has 5 nitrogen and oxygen atoms in total. The summed E-state index contributed by atoms with van der Waals surface area (Å²) < 4.78 is 10.5. The van der Waals surface area contributed by atoms with Gasteiger partial charge in [0, 0.05) is 19.0 Å². The fourth-order valence-electron chi connectivity index (χ4n) is 2.04. The number of benzene rings is 2. The van der Waals surface area contributed by atoms with Crippen LogP contribution in [-0.2, 0) is 4.79 Å². The Bertz CT molecular complexity index is 677. The van der Waals surface area contributed by atoms with Gasteiger partial charge in [-0.05, 0) is 24.3 Å². The lowest BCUT2D eigenvalue weighted by Gasteiger charge is -2.13. The molecule has 0 aliphatic heterocycles. The summed E-state index contributed by atoms with van der Waals surface area (Å²) in [5.74, 6) is 1.29. The molecule has 0 unspecified atom stereocenters. The monoisotopic (exact) mass is 334 g/mol. The first-order chi connectivity index (χ1) is 11.1. The van der Waals surface area contributed by atoms with Crippen LogP contribution in [0.15, 0.2) is 42.5 Å². The molecule has 2 aromatic carbocycles. The number of para-hydroxylation sites is 1. The maximum atomic E-state index is 12.0. The molecule has 122 valence electrons. The van der Waals surface area contributed by atoms with Gasteiger partial charge >= 0.3 is 0 Å². The molecular weight excluding hydrogens is 316 g/mol. The van der Waals surface area contributed by atoms with E-state index in [0.29, 0.717) is 35.2 Å². The van der Waals surface area contributed by atoms with Crippen molar-refractivity contribution in [3.8, 4) is 11.5 Å². The fraction of sp³-hybridized carbons (Fsp3) is 0.235. The normalized spacial score (nSPS) is 10.0. The van der Waals surface area contributed by atoms with E-state index in [-0.39, 0.29) is 5.91 Å². The highest BCUT2D eigenvalue weighted by Gasteiger charge is 2.07.